The number of hydrogen-bond donors (Lipinski definition) is 1. The molecule has 6 nitrogen and oxygen atoms in total. The zero-order valence-corrected chi connectivity index (χ0v) is 8.28. The molecule has 0 bridgehead atoms. The average molecular weight is 206 g/mol. The Balaban J connectivity index is 2.40. The number of fused-ring (bicyclic) bond motifs is 3. The summed E-state index contributed by atoms with van der Waals surface area (Å²) >= 11 is 0. The van der Waals surface area contributed by atoms with Gasteiger partial charge in [-0.05, 0) is 19.3 Å². The molecule has 0 radical (unpaired) electrons. The second-order valence-corrected chi connectivity index (χ2v) is 3.57. The van der Waals surface area contributed by atoms with E-state index in [9.17, 15) is 4.79 Å². The molecule has 0 atom stereocenters. The van der Waals surface area contributed by atoms with Crippen LogP contribution in [0.4, 0.5) is 0 Å². The molecule has 1 aliphatic carbocycles. The Kier molecular flexibility index (Phi) is 1.59. The number of methoxy groups -OCH3 is 1. The molecule has 2 heterocycles. The van der Waals surface area contributed by atoms with E-state index in [2.05, 4.69) is 15.1 Å². The summed E-state index contributed by atoms with van der Waals surface area (Å²) < 4.78 is 6.60. The van der Waals surface area contributed by atoms with Crippen LogP contribution in [-0.2, 0) is 12.8 Å². The number of hydrogen-bond acceptors (Lipinski definition) is 4. The Morgan fingerprint density at radius 3 is 3.13 bits per heavy atom. The molecule has 0 aliphatic heterocycles. The third-order valence-corrected chi connectivity index (χ3v) is 2.71. The van der Waals surface area contributed by atoms with Crippen molar-refractivity contribution in [1.29, 1.82) is 0 Å². The predicted molar refractivity (Wildman–Crippen MR) is 52.2 cm³/mol. The van der Waals surface area contributed by atoms with Gasteiger partial charge in [0.05, 0.1) is 12.8 Å². The monoisotopic (exact) mass is 206 g/mol. The molecule has 0 fully saturated rings. The zero-order valence-electron chi connectivity index (χ0n) is 8.28. The molecule has 78 valence electrons. The quantitative estimate of drug-likeness (QED) is 0.708. The molecule has 3 rings (SSSR count). The molecule has 0 amide bonds. The van der Waals surface area contributed by atoms with E-state index in [0.29, 0.717) is 5.78 Å². The fourth-order valence-electron chi connectivity index (χ4n) is 2.03. The molecular formula is C9H10N4O2. The lowest BCUT2D eigenvalue weighted by molar-refractivity contribution is 0.380. The highest BCUT2D eigenvalue weighted by Crippen LogP contribution is 2.18. The van der Waals surface area contributed by atoms with Crippen molar-refractivity contribution in [2.24, 2.45) is 0 Å². The Labute approximate surface area is 84.9 Å². The van der Waals surface area contributed by atoms with E-state index < -0.39 is 0 Å². The summed E-state index contributed by atoms with van der Waals surface area (Å²) in [5, 5.41) is 4.16. The molecular weight excluding hydrogens is 196 g/mol. The van der Waals surface area contributed by atoms with Crippen molar-refractivity contribution < 1.29 is 4.74 Å². The zero-order chi connectivity index (χ0) is 10.4. The number of H-pyrrole nitrogens is 1. The summed E-state index contributed by atoms with van der Waals surface area (Å²) in [4.78, 5) is 18.4. The van der Waals surface area contributed by atoms with Crippen LogP contribution in [0.2, 0.25) is 0 Å². The van der Waals surface area contributed by atoms with Crippen LogP contribution in [0.25, 0.3) is 5.78 Å². The molecule has 0 unspecified atom stereocenters. The van der Waals surface area contributed by atoms with Gasteiger partial charge in [0, 0.05) is 5.56 Å². The van der Waals surface area contributed by atoms with E-state index >= 15 is 0 Å². The normalized spacial score (nSPS) is 14.5. The molecule has 1 N–H and O–H groups in total. The maximum absolute atomic E-state index is 11.6. The summed E-state index contributed by atoms with van der Waals surface area (Å²) in [6, 6.07) is 0.283. The van der Waals surface area contributed by atoms with Crippen LogP contribution in [-0.4, -0.2) is 26.7 Å². The summed E-state index contributed by atoms with van der Waals surface area (Å²) in [5.74, 6) is 0.456. The Hall–Kier alpha value is -1.85. The fraction of sp³-hybridized carbons (Fsp3) is 0.444. The van der Waals surface area contributed by atoms with E-state index in [4.69, 9.17) is 4.74 Å². The minimum absolute atomic E-state index is 0.0509. The number of nitrogens with one attached hydrogen (secondary N) is 1. The first-order chi connectivity index (χ1) is 7.29. The maximum atomic E-state index is 11.6. The highest BCUT2D eigenvalue weighted by atomic mass is 16.5. The SMILES string of the molecule is COc1nc2[nH]c(=O)c3c(n2n1)CCC3. The fourth-order valence-corrected chi connectivity index (χ4v) is 2.03. The van der Waals surface area contributed by atoms with Gasteiger partial charge in [0.2, 0.25) is 5.78 Å². The van der Waals surface area contributed by atoms with E-state index in [1.54, 1.807) is 4.52 Å². The van der Waals surface area contributed by atoms with Gasteiger partial charge >= 0.3 is 6.01 Å². The minimum Gasteiger partial charge on any atom is -0.466 e. The number of aryl methyl sites for hydroxylation is 1. The smallest absolute Gasteiger partial charge is 0.337 e. The average Bonchev–Trinajstić information content (AvgIpc) is 2.80. The molecule has 0 aromatic carbocycles. The molecule has 2 aromatic rings. The van der Waals surface area contributed by atoms with Gasteiger partial charge in [-0.15, -0.1) is 5.10 Å². The lowest BCUT2D eigenvalue weighted by atomic mass is 10.3. The van der Waals surface area contributed by atoms with Crippen molar-refractivity contribution in [2.75, 3.05) is 7.11 Å². The van der Waals surface area contributed by atoms with Gasteiger partial charge < -0.3 is 4.74 Å². The highest BCUT2D eigenvalue weighted by Gasteiger charge is 2.20. The van der Waals surface area contributed by atoms with Crippen LogP contribution in [0.1, 0.15) is 17.7 Å². The van der Waals surface area contributed by atoms with Crippen molar-refractivity contribution in [2.45, 2.75) is 19.3 Å². The van der Waals surface area contributed by atoms with E-state index in [-0.39, 0.29) is 11.6 Å². The summed E-state index contributed by atoms with van der Waals surface area (Å²) in [7, 11) is 1.51. The lowest BCUT2D eigenvalue weighted by Gasteiger charge is -1.99. The van der Waals surface area contributed by atoms with E-state index in [1.165, 1.54) is 7.11 Å². The second kappa shape index (κ2) is 2.82. The Morgan fingerprint density at radius 1 is 1.47 bits per heavy atom. The first-order valence-electron chi connectivity index (χ1n) is 4.84. The van der Waals surface area contributed by atoms with E-state index in [1.807, 2.05) is 0 Å². The van der Waals surface area contributed by atoms with Gasteiger partial charge in [-0.25, -0.2) is 0 Å². The van der Waals surface area contributed by atoms with Crippen molar-refractivity contribution >= 4 is 5.78 Å². The lowest BCUT2D eigenvalue weighted by Crippen LogP contribution is -2.16. The summed E-state index contributed by atoms with van der Waals surface area (Å²) in [6.07, 6.45) is 2.70. The van der Waals surface area contributed by atoms with Crippen molar-refractivity contribution in [3.05, 3.63) is 21.6 Å². The Bertz CT molecular complexity index is 584. The molecule has 0 saturated heterocycles. The summed E-state index contributed by atoms with van der Waals surface area (Å²) in [5.41, 5.74) is 1.74. The highest BCUT2D eigenvalue weighted by molar-refractivity contribution is 5.36. The predicted octanol–water partition coefficient (Wildman–Crippen LogP) is -0.0851. The molecule has 0 spiro atoms. The number of nitrogens with zero attached hydrogens (tertiary/aromatic N) is 3. The van der Waals surface area contributed by atoms with Gasteiger partial charge in [-0.2, -0.15) is 9.50 Å². The van der Waals surface area contributed by atoms with Gasteiger partial charge in [-0.3, -0.25) is 9.78 Å². The number of aromatic amines is 1. The largest absolute Gasteiger partial charge is 0.466 e. The van der Waals surface area contributed by atoms with Crippen LogP contribution < -0.4 is 10.3 Å². The minimum atomic E-state index is -0.0509. The van der Waals surface area contributed by atoms with E-state index in [0.717, 1.165) is 30.5 Å². The Morgan fingerprint density at radius 2 is 2.33 bits per heavy atom. The van der Waals surface area contributed by atoms with Crippen LogP contribution >= 0.6 is 0 Å². The van der Waals surface area contributed by atoms with Crippen molar-refractivity contribution in [3.63, 3.8) is 0 Å². The topological polar surface area (TPSA) is 72.3 Å². The molecule has 2 aromatic heterocycles. The first-order valence-corrected chi connectivity index (χ1v) is 4.84. The van der Waals surface area contributed by atoms with Gasteiger partial charge in [0.15, 0.2) is 0 Å². The van der Waals surface area contributed by atoms with Crippen molar-refractivity contribution in [3.8, 4) is 6.01 Å². The van der Waals surface area contributed by atoms with Crippen LogP contribution in [0.15, 0.2) is 4.79 Å². The van der Waals surface area contributed by atoms with Gasteiger partial charge in [-0.1, -0.05) is 0 Å². The first kappa shape index (κ1) is 8.46. The standard InChI is InChI=1S/C9H10N4O2/c1-15-9-11-8-10-7(14)5-3-2-4-6(5)13(8)12-9/h2-4H2,1H3,(H,10,11,12,14). The second-order valence-electron chi connectivity index (χ2n) is 3.57. The number of rotatable bonds is 1. The molecule has 1 aliphatic rings. The third kappa shape index (κ3) is 1.07. The van der Waals surface area contributed by atoms with Crippen LogP contribution in [0, 0.1) is 0 Å². The number of ether oxygens (including phenoxy) is 1. The van der Waals surface area contributed by atoms with Crippen LogP contribution in [0.5, 0.6) is 6.01 Å². The third-order valence-electron chi connectivity index (χ3n) is 2.71. The van der Waals surface area contributed by atoms with Gasteiger partial charge in [0.25, 0.3) is 5.56 Å². The maximum Gasteiger partial charge on any atom is 0.337 e. The molecule has 6 heteroatoms. The summed E-state index contributed by atoms with van der Waals surface area (Å²) in [6.45, 7) is 0. The number of aromatic nitrogens is 4. The van der Waals surface area contributed by atoms with Crippen molar-refractivity contribution in [1.82, 2.24) is 19.6 Å². The molecule has 15 heavy (non-hydrogen) atoms. The molecule has 0 saturated carbocycles. The van der Waals surface area contributed by atoms with Gasteiger partial charge in [0.1, 0.15) is 0 Å². The van der Waals surface area contributed by atoms with Crippen LogP contribution in [0.3, 0.4) is 0 Å².